The molecule has 0 radical (unpaired) electrons. The van der Waals surface area contributed by atoms with Gasteiger partial charge in [0, 0.05) is 4.90 Å². The molecule has 4 heteroatoms. The third-order valence-electron chi connectivity index (χ3n) is 2.46. The number of hydrogen-bond acceptors (Lipinski definition) is 3. The van der Waals surface area contributed by atoms with E-state index in [1.54, 1.807) is 30.3 Å². The molecule has 0 amide bonds. The first-order valence-electron chi connectivity index (χ1n) is 5.76. The van der Waals surface area contributed by atoms with Gasteiger partial charge >= 0.3 is 0 Å². The molecule has 0 aromatic heterocycles. The number of thioether (sulfide) groups is 1. The van der Waals surface area contributed by atoms with Crippen LogP contribution in [0.4, 0.5) is 0 Å². The summed E-state index contributed by atoms with van der Waals surface area (Å²) in [6, 6.07) is 18.1. The molecule has 0 fully saturated rings. The molecule has 0 saturated heterocycles. The molecule has 2 aromatic rings. The second-order valence-electron chi connectivity index (χ2n) is 4.03. The molecule has 0 aliphatic rings. The van der Waals surface area contributed by atoms with Crippen LogP contribution in [-0.2, 0) is 9.84 Å². The SMILES string of the molecule is C=C(CS(=O)(=O)c1ccccc1)Sc1ccccc1. The first-order chi connectivity index (χ1) is 9.08. The highest BCUT2D eigenvalue weighted by Gasteiger charge is 2.15. The Hall–Kier alpha value is -1.52. The first kappa shape index (κ1) is 13.9. The summed E-state index contributed by atoms with van der Waals surface area (Å²) in [4.78, 5) is 1.95. The van der Waals surface area contributed by atoms with E-state index >= 15 is 0 Å². The van der Waals surface area contributed by atoms with Gasteiger partial charge in [0.15, 0.2) is 9.84 Å². The van der Waals surface area contributed by atoms with Gasteiger partial charge in [0.25, 0.3) is 0 Å². The normalized spacial score (nSPS) is 11.2. The monoisotopic (exact) mass is 290 g/mol. The maximum atomic E-state index is 12.2. The molecule has 0 N–H and O–H groups in total. The van der Waals surface area contributed by atoms with E-state index in [2.05, 4.69) is 6.58 Å². The van der Waals surface area contributed by atoms with Gasteiger partial charge < -0.3 is 0 Å². The van der Waals surface area contributed by atoms with Crippen LogP contribution in [0, 0.1) is 0 Å². The van der Waals surface area contributed by atoms with E-state index in [9.17, 15) is 8.42 Å². The van der Waals surface area contributed by atoms with Crippen molar-refractivity contribution < 1.29 is 8.42 Å². The second kappa shape index (κ2) is 6.08. The Labute approximate surface area is 118 Å². The molecule has 98 valence electrons. The van der Waals surface area contributed by atoms with E-state index in [-0.39, 0.29) is 5.75 Å². The molecule has 0 spiro atoms. The maximum absolute atomic E-state index is 12.2. The Kier molecular flexibility index (Phi) is 4.45. The number of rotatable bonds is 5. The van der Waals surface area contributed by atoms with Crippen molar-refractivity contribution in [3.63, 3.8) is 0 Å². The summed E-state index contributed by atoms with van der Waals surface area (Å²) in [6.07, 6.45) is 0. The van der Waals surface area contributed by atoms with Crippen LogP contribution in [0.5, 0.6) is 0 Å². The van der Waals surface area contributed by atoms with Crippen molar-refractivity contribution >= 4 is 21.6 Å². The molecular weight excluding hydrogens is 276 g/mol. The number of benzene rings is 2. The molecule has 0 heterocycles. The van der Waals surface area contributed by atoms with E-state index in [0.29, 0.717) is 9.80 Å². The Balaban J connectivity index is 2.07. The van der Waals surface area contributed by atoms with Crippen LogP contribution in [0.25, 0.3) is 0 Å². The fourth-order valence-electron chi connectivity index (χ4n) is 1.61. The molecule has 2 nitrogen and oxygen atoms in total. The molecule has 0 unspecified atom stereocenters. The van der Waals surface area contributed by atoms with E-state index in [0.717, 1.165) is 4.90 Å². The number of hydrogen-bond donors (Lipinski definition) is 0. The van der Waals surface area contributed by atoms with Crippen LogP contribution in [0.15, 0.2) is 81.9 Å². The molecule has 0 aliphatic heterocycles. The maximum Gasteiger partial charge on any atom is 0.183 e. The van der Waals surface area contributed by atoms with Gasteiger partial charge in [0.2, 0.25) is 0 Å². The van der Waals surface area contributed by atoms with Gasteiger partial charge in [-0.3, -0.25) is 0 Å². The van der Waals surface area contributed by atoms with Gasteiger partial charge in [-0.2, -0.15) is 0 Å². The highest BCUT2D eigenvalue weighted by Crippen LogP contribution is 2.27. The quantitative estimate of drug-likeness (QED) is 0.786. The molecule has 0 saturated carbocycles. The lowest BCUT2D eigenvalue weighted by Crippen LogP contribution is -2.07. The van der Waals surface area contributed by atoms with Crippen molar-refractivity contribution in [3.8, 4) is 0 Å². The number of sulfone groups is 1. The summed E-state index contributed by atoms with van der Waals surface area (Å²) in [7, 11) is -3.30. The minimum absolute atomic E-state index is 0.0451. The van der Waals surface area contributed by atoms with Crippen molar-refractivity contribution in [1.82, 2.24) is 0 Å². The average Bonchev–Trinajstić information content (AvgIpc) is 2.40. The smallest absolute Gasteiger partial charge is 0.183 e. The van der Waals surface area contributed by atoms with Crippen LogP contribution in [0.2, 0.25) is 0 Å². The average molecular weight is 290 g/mol. The van der Waals surface area contributed by atoms with Crippen molar-refractivity contribution in [2.75, 3.05) is 5.75 Å². The summed E-state index contributed by atoms with van der Waals surface area (Å²) in [6.45, 7) is 3.84. The molecular formula is C15H14O2S2. The summed E-state index contributed by atoms with van der Waals surface area (Å²) in [5.74, 6) is -0.0451. The van der Waals surface area contributed by atoms with Crippen LogP contribution < -0.4 is 0 Å². The van der Waals surface area contributed by atoms with E-state index < -0.39 is 9.84 Å². The van der Waals surface area contributed by atoms with E-state index in [1.165, 1.54) is 11.8 Å². The zero-order valence-corrected chi connectivity index (χ0v) is 12.0. The van der Waals surface area contributed by atoms with Gasteiger partial charge in [-0.25, -0.2) is 8.42 Å². The van der Waals surface area contributed by atoms with Gasteiger partial charge in [-0.1, -0.05) is 54.7 Å². The van der Waals surface area contributed by atoms with Crippen LogP contribution >= 0.6 is 11.8 Å². The minimum Gasteiger partial charge on any atom is -0.223 e. The first-order valence-corrected chi connectivity index (χ1v) is 8.23. The minimum atomic E-state index is -3.30. The van der Waals surface area contributed by atoms with Crippen LogP contribution in [0.3, 0.4) is 0 Å². The molecule has 0 aliphatic carbocycles. The third kappa shape index (κ3) is 3.98. The molecule has 0 atom stereocenters. The standard InChI is InChI=1S/C15H14O2S2/c1-13(18-14-8-4-2-5-9-14)12-19(16,17)15-10-6-3-7-11-15/h2-11H,1,12H2. The zero-order valence-electron chi connectivity index (χ0n) is 10.3. The lowest BCUT2D eigenvalue weighted by Gasteiger charge is -2.07. The Morgan fingerprint density at radius 2 is 1.47 bits per heavy atom. The van der Waals surface area contributed by atoms with E-state index in [1.807, 2.05) is 30.3 Å². The molecule has 0 bridgehead atoms. The lowest BCUT2D eigenvalue weighted by atomic mass is 10.4. The Bertz CT molecular complexity index is 647. The Morgan fingerprint density at radius 3 is 2.05 bits per heavy atom. The fourth-order valence-corrected chi connectivity index (χ4v) is 4.10. The largest absolute Gasteiger partial charge is 0.223 e. The van der Waals surface area contributed by atoms with Crippen molar-refractivity contribution in [2.45, 2.75) is 9.79 Å². The molecule has 2 aromatic carbocycles. The Morgan fingerprint density at radius 1 is 0.947 bits per heavy atom. The highest BCUT2D eigenvalue weighted by atomic mass is 32.2. The predicted octanol–water partition coefficient (Wildman–Crippen LogP) is 3.77. The molecule has 19 heavy (non-hydrogen) atoms. The van der Waals surface area contributed by atoms with Crippen LogP contribution in [0.1, 0.15) is 0 Å². The van der Waals surface area contributed by atoms with Crippen molar-refractivity contribution in [1.29, 1.82) is 0 Å². The summed E-state index contributed by atoms with van der Waals surface area (Å²) in [5.41, 5.74) is 0. The lowest BCUT2D eigenvalue weighted by molar-refractivity contribution is 0.599. The van der Waals surface area contributed by atoms with Gasteiger partial charge in [0.05, 0.1) is 10.6 Å². The van der Waals surface area contributed by atoms with Crippen molar-refractivity contribution in [3.05, 3.63) is 72.1 Å². The fraction of sp³-hybridized carbons (Fsp3) is 0.0667. The third-order valence-corrected chi connectivity index (χ3v) is 5.30. The highest BCUT2D eigenvalue weighted by molar-refractivity contribution is 8.04. The topological polar surface area (TPSA) is 34.1 Å². The zero-order chi connectivity index (χ0) is 13.7. The van der Waals surface area contributed by atoms with Gasteiger partial charge in [-0.15, -0.1) is 0 Å². The van der Waals surface area contributed by atoms with Gasteiger partial charge in [0.1, 0.15) is 0 Å². The van der Waals surface area contributed by atoms with Crippen LogP contribution in [-0.4, -0.2) is 14.2 Å². The van der Waals surface area contributed by atoms with Gasteiger partial charge in [-0.05, 0) is 29.2 Å². The summed E-state index contributed by atoms with van der Waals surface area (Å²) in [5, 5.41) is 0. The molecule has 2 rings (SSSR count). The second-order valence-corrected chi connectivity index (χ2v) is 7.27. The summed E-state index contributed by atoms with van der Waals surface area (Å²) < 4.78 is 24.3. The van der Waals surface area contributed by atoms with Crippen molar-refractivity contribution in [2.24, 2.45) is 0 Å². The van der Waals surface area contributed by atoms with E-state index in [4.69, 9.17) is 0 Å². The summed E-state index contributed by atoms with van der Waals surface area (Å²) >= 11 is 1.39. The predicted molar refractivity (Wildman–Crippen MR) is 79.9 cm³/mol.